The fourth-order valence-corrected chi connectivity index (χ4v) is 4.69. The number of rotatable bonds is 4. The Morgan fingerprint density at radius 1 is 0.968 bits per heavy atom. The number of nitrogens with zero attached hydrogens (tertiary/aromatic N) is 1. The van der Waals surface area contributed by atoms with E-state index in [2.05, 4.69) is 10.2 Å². The van der Waals surface area contributed by atoms with Crippen LogP contribution in [0.2, 0.25) is 10.0 Å². The SMILES string of the molecule is O=C(Nc1ccc2c(c1)oc1ccccc12)C1CCN(Cc2cccc(Cl)c2Cl)CC1. The second-order valence-electron chi connectivity index (χ2n) is 8.06. The number of para-hydroxylation sites is 1. The first kappa shape index (κ1) is 20.4. The molecule has 0 bridgehead atoms. The van der Waals surface area contributed by atoms with Crippen molar-refractivity contribution in [1.82, 2.24) is 4.90 Å². The molecule has 158 valence electrons. The van der Waals surface area contributed by atoms with Crippen molar-refractivity contribution in [1.29, 1.82) is 0 Å². The van der Waals surface area contributed by atoms with Gasteiger partial charge in [0.2, 0.25) is 5.91 Å². The first-order chi connectivity index (χ1) is 15.1. The lowest BCUT2D eigenvalue weighted by molar-refractivity contribution is -0.121. The topological polar surface area (TPSA) is 45.5 Å². The fourth-order valence-electron chi connectivity index (χ4n) is 4.31. The predicted octanol–water partition coefficient (Wildman–Crippen LogP) is 6.74. The molecule has 0 spiro atoms. The molecule has 1 N–H and O–H groups in total. The number of hydrogen-bond donors (Lipinski definition) is 1. The number of hydrogen-bond acceptors (Lipinski definition) is 3. The van der Waals surface area contributed by atoms with Crippen molar-refractivity contribution in [3.63, 3.8) is 0 Å². The van der Waals surface area contributed by atoms with Gasteiger partial charge in [-0.05, 0) is 55.8 Å². The average Bonchev–Trinajstić information content (AvgIpc) is 3.15. The van der Waals surface area contributed by atoms with Gasteiger partial charge < -0.3 is 9.73 Å². The van der Waals surface area contributed by atoms with E-state index < -0.39 is 0 Å². The summed E-state index contributed by atoms with van der Waals surface area (Å²) in [5.41, 5.74) is 3.43. The minimum atomic E-state index is -0.00236. The zero-order valence-electron chi connectivity index (χ0n) is 16.9. The number of fused-ring (bicyclic) bond motifs is 3. The Labute approximate surface area is 190 Å². The van der Waals surface area contributed by atoms with E-state index in [0.29, 0.717) is 10.0 Å². The summed E-state index contributed by atoms with van der Waals surface area (Å²) in [5.74, 6) is 0.0633. The van der Waals surface area contributed by atoms with Crippen molar-refractivity contribution in [2.45, 2.75) is 19.4 Å². The van der Waals surface area contributed by atoms with E-state index >= 15 is 0 Å². The number of halogens is 2. The summed E-state index contributed by atoms with van der Waals surface area (Å²) in [6.07, 6.45) is 1.63. The number of benzene rings is 3. The van der Waals surface area contributed by atoms with Crippen LogP contribution in [0, 0.1) is 5.92 Å². The molecule has 5 rings (SSSR count). The van der Waals surface area contributed by atoms with E-state index in [4.69, 9.17) is 27.6 Å². The van der Waals surface area contributed by atoms with Gasteiger partial charge in [-0.15, -0.1) is 0 Å². The maximum atomic E-state index is 12.8. The number of carbonyl (C=O) groups is 1. The van der Waals surface area contributed by atoms with Gasteiger partial charge in [0.1, 0.15) is 11.2 Å². The van der Waals surface area contributed by atoms with Crippen LogP contribution in [0.15, 0.2) is 65.1 Å². The number of furan rings is 1. The molecule has 0 aliphatic carbocycles. The first-order valence-corrected chi connectivity index (χ1v) is 11.2. The highest BCUT2D eigenvalue weighted by molar-refractivity contribution is 6.42. The molecule has 1 aliphatic heterocycles. The Bertz CT molecular complexity index is 1260. The molecule has 0 unspecified atom stereocenters. The zero-order chi connectivity index (χ0) is 21.4. The van der Waals surface area contributed by atoms with Gasteiger partial charge in [-0.1, -0.05) is 53.5 Å². The van der Waals surface area contributed by atoms with Gasteiger partial charge in [-0.2, -0.15) is 0 Å². The first-order valence-electron chi connectivity index (χ1n) is 10.5. The van der Waals surface area contributed by atoms with E-state index in [1.165, 1.54) is 0 Å². The molecular weight excluding hydrogens is 431 g/mol. The lowest BCUT2D eigenvalue weighted by Crippen LogP contribution is -2.37. The average molecular weight is 453 g/mol. The van der Waals surface area contributed by atoms with Crippen LogP contribution in [-0.4, -0.2) is 23.9 Å². The van der Waals surface area contributed by atoms with E-state index in [9.17, 15) is 4.79 Å². The molecule has 0 saturated carbocycles. The Balaban J connectivity index is 1.21. The van der Waals surface area contributed by atoms with E-state index in [-0.39, 0.29) is 11.8 Å². The number of anilines is 1. The minimum absolute atomic E-state index is 0.00236. The van der Waals surface area contributed by atoms with Crippen LogP contribution in [0.4, 0.5) is 5.69 Å². The Morgan fingerprint density at radius 3 is 2.58 bits per heavy atom. The van der Waals surface area contributed by atoms with Crippen LogP contribution in [0.5, 0.6) is 0 Å². The minimum Gasteiger partial charge on any atom is -0.456 e. The highest BCUT2D eigenvalue weighted by Gasteiger charge is 2.25. The monoisotopic (exact) mass is 452 g/mol. The second kappa shape index (κ2) is 8.54. The molecule has 0 atom stereocenters. The smallest absolute Gasteiger partial charge is 0.227 e. The van der Waals surface area contributed by atoms with Crippen molar-refractivity contribution in [3.05, 3.63) is 76.3 Å². The molecule has 4 aromatic rings. The lowest BCUT2D eigenvalue weighted by atomic mass is 9.95. The van der Waals surface area contributed by atoms with Crippen LogP contribution in [0.3, 0.4) is 0 Å². The quantitative estimate of drug-likeness (QED) is 0.372. The van der Waals surface area contributed by atoms with Crippen molar-refractivity contribution in [3.8, 4) is 0 Å². The van der Waals surface area contributed by atoms with E-state index in [1.54, 1.807) is 6.07 Å². The standard InChI is InChI=1S/C25H22Cl2N2O2/c26-21-6-3-4-17(24(21)27)15-29-12-10-16(11-13-29)25(30)28-18-8-9-20-19-5-1-2-7-22(19)31-23(20)14-18/h1-9,14,16H,10-13,15H2,(H,28,30). The largest absolute Gasteiger partial charge is 0.456 e. The van der Waals surface area contributed by atoms with E-state index in [0.717, 1.165) is 65.7 Å². The number of likely N-dealkylation sites (tertiary alicyclic amines) is 1. The number of carbonyl (C=O) groups excluding carboxylic acids is 1. The maximum Gasteiger partial charge on any atom is 0.227 e. The summed E-state index contributed by atoms with van der Waals surface area (Å²) in [6, 6.07) is 19.5. The van der Waals surface area contributed by atoms with Gasteiger partial charge in [0.15, 0.2) is 0 Å². The van der Waals surface area contributed by atoms with Crippen LogP contribution in [-0.2, 0) is 11.3 Å². The van der Waals surface area contributed by atoms with Gasteiger partial charge in [0, 0.05) is 35.0 Å². The Hall–Kier alpha value is -2.53. The van der Waals surface area contributed by atoms with Crippen molar-refractivity contribution >= 4 is 56.7 Å². The second-order valence-corrected chi connectivity index (χ2v) is 8.85. The molecule has 0 radical (unpaired) electrons. The summed E-state index contributed by atoms with van der Waals surface area (Å²) in [6.45, 7) is 2.45. The summed E-state index contributed by atoms with van der Waals surface area (Å²) in [4.78, 5) is 15.2. The van der Waals surface area contributed by atoms with Gasteiger partial charge >= 0.3 is 0 Å². The van der Waals surface area contributed by atoms with Gasteiger partial charge in [0.05, 0.1) is 10.0 Å². The Morgan fingerprint density at radius 2 is 1.74 bits per heavy atom. The van der Waals surface area contributed by atoms with Crippen molar-refractivity contribution in [2.24, 2.45) is 5.92 Å². The fraction of sp³-hybridized carbons (Fsp3) is 0.240. The molecular formula is C25H22Cl2N2O2. The van der Waals surface area contributed by atoms with Gasteiger partial charge in [-0.25, -0.2) is 0 Å². The van der Waals surface area contributed by atoms with Crippen molar-refractivity contribution in [2.75, 3.05) is 18.4 Å². The van der Waals surface area contributed by atoms with Crippen LogP contribution >= 0.6 is 23.2 Å². The third-order valence-electron chi connectivity index (χ3n) is 6.03. The molecule has 6 heteroatoms. The van der Waals surface area contributed by atoms with Crippen LogP contribution in [0.1, 0.15) is 18.4 Å². The summed E-state index contributed by atoms with van der Waals surface area (Å²) in [5, 5.41) is 6.41. The molecule has 1 amide bonds. The number of nitrogens with one attached hydrogen (secondary N) is 1. The highest BCUT2D eigenvalue weighted by Crippen LogP contribution is 2.31. The third-order valence-corrected chi connectivity index (χ3v) is 6.89. The van der Waals surface area contributed by atoms with Crippen molar-refractivity contribution < 1.29 is 9.21 Å². The number of amides is 1. The van der Waals surface area contributed by atoms with Crippen LogP contribution < -0.4 is 5.32 Å². The van der Waals surface area contributed by atoms with Crippen LogP contribution in [0.25, 0.3) is 21.9 Å². The maximum absolute atomic E-state index is 12.8. The zero-order valence-corrected chi connectivity index (χ0v) is 18.4. The Kier molecular flexibility index (Phi) is 5.61. The molecule has 2 heterocycles. The van der Waals surface area contributed by atoms with Gasteiger partial charge in [0.25, 0.3) is 0 Å². The highest BCUT2D eigenvalue weighted by atomic mass is 35.5. The molecule has 31 heavy (non-hydrogen) atoms. The summed E-state index contributed by atoms with van der Waals surface area (Å²) < 4.78 is 5.93. The predicted molar refractivity (Wildman–Crippen MR) is 127 cm³/mol. The molecule has 1 aliphatic rings. The van der Waals surface area contributed by atoms with E-state index in [1.807, 2.05) is 54.6 Å². The third kappa shape index (κ3) is 4.16. The molecule has 3 aromatic carbocycles. The summed E-state index contributed by atoms with van der Waals surface area (Å²) in [7, 11) is 0. The van der Waals surface area contributed by atoms with Gasteiger partial charge in [-0.3, -0.25) is 9.69 Å². The normalized spacial score (nSPS) is 15.5. The molecule has 4 nitrogen and oxygen atoms in total. The molecule has 1 aromatic heterocycles. The summed E-state index contributed by atoms with van der Waals surface area (Å²) >= 11 is 12.4. The molecule has 1 fully saturated rings. The lowest BCUT2D eigenvalue weighted by Gasteiger charge is -2.31. The molecule has 1 saturated heterocycles. The number of piperidine rings is 1.